The number of rotatable bonds is 22. The van der Waals surface area contributed by atoms with E-state index in [0.29, 0.717) is 50.2 Å². The highest BCUT2D eigenvalue weighted by atomic mass is 32.2. The largest absolute Gasteiger partial charge is 0.480 e. The quantitative estimate of drug-likeness (QED) is 0.0569. The number of nitrogens with zero attached hydrogens (tertiary/aromatic N) is 5. The standard InChI is InChI=1S/C39H61N9O12S/c1-61-20-9-30(38(58)41-21-32(49)42-31(39(59)60)7-2-3-10-40)43-37(57)29-6-4-5-27-22-48(11-8-28(27)29)33(50)23-44-12-14-45(24-34(51)52)16-18-47(26-36(55)56)19-17-46(15-13-44)25-35(53)54/h4-6,30-31H,2-3,7-26,40H2,1H3,(H,41,58)(H,42,49)(H,43,57)(H,51,52)(H,53,54)(H,55,56)(H,59,60). The monoisotopic (exact) mass is 879 g/mol. The molecule has 1 fully saturated rings. The van der Waals surface area contributed by atoms with Gasteiger partial charge in [0.25, 0.3) is 5.91 Å². The molecule has 9 N–H and O–H groups in total. The predicted octanol–water partition coefficient (Wildman–Crippen LogP) is -2.29. The van der Waals surface area contributed by atoms with E-state index < -0.39 is 60.2 Å². The van der Waals surface area contributed by atoms with Gasteiger partial charge in [-0.05, 0) is 67.9 Å². The van der Waals surface area contributed by atoms with E-state index in [1.807, 2.05) is 17.2 Å². The number of amides is 4. The molecule has 0 radical (unpaired) electrons. The van der Waals surface area contributed by atoms with Gasteiger partial charge in [-0.3, -0.25) is 53.2 Å². The van der Waals surface area contributed by atoms with E-state index in [4.69, 9.17) is 5.73 Å². The van der Waals surface area contributed by atoms with E-state index in [2.05, 4.69) is 16.0 Å². The topological polar surface area (TPSA) is 296 Å². The molecule has 3 rings (SSSR count). The van der Waals surface area contributed by atoms with Crippen LogP contribution in [0.1, 0.15) is 47.2 Å². The van der Waals surface area contributed by atoms with Crippen LogP contribution in [-0.4, -0.2) is 215 Å². The Morgan fingerprint density at radius 3 is 1.74 bits per heavy atom. The minimum Gasteiger partial charge on any atom is -0.480 e. The number of thioether (sulfide) groups is 1. The maximum atomic E-state index is 13.8. The average molecular weight is 880 g/mol. The second kappa shape index (κ2) is 26.5. The van der Waals surface area contributed by atoms with Crippen LogP contribution in [0, 0.1) is 0 Å². The number of carbonyl (C=O) groups excluding carboxylic acids is 4. The van der Waals surface area contributed by atoms with Crippen molar-refractivity contribution in [2.75, 3.05) is 110 Å². The minimum absolute atomic E-state index is 0.0298. The molecule has 2 heterocycles. The van der Waals surface area contributed by atoms with E-state index in [0.717, 1.165) is 11.1 Å². The average Bonchev–Trinajstić information content (AvgIpc) is 3.20. The fourth-order valence-corrected chi connectivity index (χ4v) is 7.61. The Bertz CT molecular complexity index is 1660. The van der Waals surface area contributed by atoms with Crippen LogP contribution in [0.3, 0.4) is 0 Å². The molecule has 61 heavy (non-hydrogen) atoms. The number of benzene rings is 1. The van der Waals surface area contributed by atoms with Crippen LogP contribution >= 0.6 is 11.8 Å². The zero-order valence-electron chi connectivity index (χ0n) is 34.7. The fraction of sp³-hybridized carbons (Fsp3) is 0.641. The molecule has 21 nitrogen and oxygen atoms in total. The molecule has 22 heteroatoms. The number of carboxylic acid groups (broad SMARTS) is 4. The molecule has 0 spiro atoms. The molecule has 0 saturated carbocycles. The summed E-state index contributed by atoms with van der Waals surface area (Å²) in [6.07, 6.45) is 3.75. The highest BCUT2D eigenvalue weighted by Gasteiger charge is 2.29. The first-order valence-electron chi connectivity index (χ1n) is 20.3. The van der Waals surface area contributed by atoms with E-state index >= 15 is 0 Å². The zero-order valence-corrected chi connectivity index (χ0v) is 35.5. The summed E-state index contributed by atoms with van der Waals surface area (Å²) < 4.78 is 0. The third-order valence-corrected chi connectivity index (χ3v) is 11.1. The fourth-order valence-electron chi connectivity index (χ4n) is 7.14. The molecule has 2 aliphatic rings. The number of hydrogen-bond donors (Lipinski definition) is 8. The Morgan fingerprint density at radius 1 is 0.705 bits per heavy atom. The van der Waals surface area contributed by atoms with Crippen LogP contribution in [0.15, 0.2) is 18.2 Å². The van der Waals surface area contributed by atoms with E-state index in [1.54, 1.807) is 31.7 Å². The first-order valence-corrected chi connectivity index (χ1v) is 21.7. The Hall–Kier alpha value is -4.87. The number of hydrogen-bond acceptors (Lipinski definition) is 14. The summed E-state index contributed by atoms with van der Waals surface area (Å²) in [4.78, 5) is 108. The third-order valence-electron chi connectivity index (χ3n) is 10.5. The van der Waals surface area contributed by atoms with Crippen LogP contribution in [0.2, 0.25) is 0 Å². The molecule has 2 atom stereocenters. The van der Waals surface area contributed by atoms with Crippen molar-refractivity contribution in [1.29, 1.82) is 0 Å². The van der Waals surface area contributed by atoms with Gasteiger partial charge in [0.05, 0.1) is 32.7 Å². The molecule has 2 aliphatic heterocycles. The van der Waals surface area contributed by atoms with Crippen molar-refractivity contribution in [2.24, 2.45) is 5.73 Å². The SMILES string of the molecule is CSCCC(NC(=O)c1cccc2c1CCN(C(=O)CN1CCN(CC(=O)O)CCN(CC(=O)O)CCN(CC(=O)O)CC1)C2)C(=O)NCC(=O)NC(CCCCN)C(=O)O. The summed E-state index contributed by atoms with van der Waals surface area (Å²) in [6.45, 7) is 1.67. The summed E-state index contributed by atoms with van der Waals surface area (Å²) in [5.74, 6) is -5.83. The first-order chi connectivity index (χ1) is 29.1. The zero-order chi connectivity index (χ0) is 44.9. The second-order valence-corrected chi connectivity index (χ2v) is 16.0. The van der Waals surface area contributed by atoms with Crippen molar-refractivity contribution in [2.45, 2.75) is 50.7 Å². The number of unbranched alkanes of at least 4 members (excludes halogenated alkanes) is 1. The van der Waals surface area contributed by atoms with Gasteiger partial charge >= 0.3 is 23.9 Å². The van der Waals surface area contributed by atoms with Crippen molar-refractivity contribution in [3.8, 4) is 0 Å². The molecule has 1 aromatic carbocycles. The second-order valence-electron chi connectivity index (χ2n) is 15.1. The van der Waals surface area contributed by atoms with Crippen molar-refractivity contribution >= 4 is 59.3 Å². The summed E-state index contributed by atoms with van der Waals surface area (Å²) in [6, 6.07) is 3.03. The summed E-state index contributed by atoms with van der Waals surface area (Å²) in [7, 11) is 0. The molecule has 4 amide bonds. The van der Waals surface area contributed by atoms with Gasteiger partial charge in [-0.1, -0.05) is 12.1 Å². The molecule has 0 aromatic heterocycles. The lowest BCUT2D eigenvalue weighted by atomic mass is 9.93. The van der Waals surface area contributed by atoms with Crippen molar-refractivity contribution in [1.82, 2.24) is 40.4 Å². The van der Waals surface area contributed by atoms with Gasteiger partial charge in [0.15, 0.2) is 0 Å². The lowest BCUT2D eigenvalue weighted by Crippen LogP contribution is -2.51. The first kappa shape index (κ1) is 50.5. The lowest BCUT2D eigenvalue weighted by Gasteiger charge is -2.35. The van der Waals surface area contributed by atoms with Crippen molar-refractivity contribution < 1.29 is 58.8 Å². The maximum Gasteiger partial charge on any atom is 0.326 e. The molecule has 1 saturated heterocycles. The Morgan fingerprint density at radius 2 is 1.25 bits per heavy atom. The molecule has 0 bridgehead atoms. The van der Waals surface area contributed by atoms with Gasteiger partial charge < -0.3 is 47.0 Å². The van der Waals surface area contributed by atoms with Gasteiger partial charge in [0.2, 0.25) is 17.7 Å². The number of carbonyl (C=O) groups is 8. The van der Waals surface area contributed by atoms with E-state index in [9.17, 15) is 58.8 Å². The minimum atomic E-state index is -1.20. The molecular weight excluding hydrogens is 819 g/mol. The van der Waals surface area contributed by atoms with Crippen molar-refractivity contribution in [3.63, 3.8) is 0 Å². The molecule has 2 unspecified atom stereocenters. The third kappa shape index (κ3) is 18.3. The normalized spacial score (nSPS) is 17.1. The van der Waals surface area contributed by atoms with Crippen LogP contribution in [0.4, 0.5) is 0 Å². The number of carboxylic acids is 4. The molecule has 0 aliphatic carbocycles. The smallest absolute Gasteiger partial charge is 0.326 e. The number of aliphatic carboxylic acids is 4. The van der Waals surface area contributed by atoms with Crippen LogP contribution < -0.4 is 21.7 Å². The van der Waals surface area contributed by atoms with Crippen LogP contribution in [-0.2, 0) is 46.5 Å². The van der Waals surface area contributed by atoms with Crippen molar-refractivity contribution in [3.05, 3.63) is 34.9 Å². The maximum absolute atomic E-state index is 13.8. The number of nitrogens with two attached hydrogens (primary N) is 1. The van der Waals surface area contributed by atoms with Crippen LogP contribution in [0.5, 0.6) is 0 Å². The van der Waals surface area contributed by atoms with Gasteiger partial charge in [-0.25, -0.2) is 4.79 Å². The molecular formula is C39H61N9O12S. The Balaban J connectivity index is 1.68. The number of fused-ring (bicyclic) bond motifs is 1. The lowest BCUT2D eigenvalue weighted by molar-refractivity contribution is -0.142. The highest BCUT2D eigenvalue weighted by molar-refractivity contribution is 7.98. The molecule has 340 valence electrons. The molecule has 1 aromatic rings. The van der Waals surface area contributed by atoms with Gasteiger partial charge in [-0.15, -0.1) is 0 Å². The summed E-state index contributed by atoms with van der Waals surface area (Å²) >= 11 is 1.47. The summed E-state index contributed by atoms with van der Waals surface area (Å²) in [5.41, 5.74) is 7.28. The van der Waals surface area contributed by atoms with E-state index in [-0.39, 0.29) is 97.3 Å². The number of nitrogens with one attached hydrogen (secondary N) is 3. The highest BCUT2D eigenvalue weighted by Crippen LogP contribution is 2.23. The predicted molar refractivity (Wildman–Crippen MR) is 224 cm³/mol. The van der Waals surface area contributed by atoms with Gasteiger partial charge in [0, 0.05) is 71.0 Å². The Kier molecular flexibility index (Phi) is 21.9. The van der Waals surface area contributed by atoms with Gasteiger partial charge in [0.1, 0.15) is 12.1 Å². The van der Waals surface area contributed by atoms with E-state index in [1.165, 1.54) is 11.8 Å². The summed E-state index contributed by atoms with van der Waals surface area (Å²) in [5, 5.41) is 45.7. The van der Waals surface area contributed by atoms with Gasteiger partial charge in [-0.2, -0.15) is 11.8 Å². The van der Waals surface area contributed by atoms with Crippen LogP contribution in [0.25, 0.3) is 0 Å². The Labute approximate surface area is 359 Å².